The molecule has 5 heteroatoms. The molecule has 1 fully saturated rings. The summed E-state index contributed by atoms with van der Waals surface area (Å²) in [5.41, 5.74) is 0. The van der Waals surface area contributed by atoms with Gasteiger partial charge in [0.05, 0.1) is 18.2 Å². The first kappa shape index (κ1) is 11.5. The highest BCUT2D eigenvalue weighted by Crippen LogP contribution is 2.23. The Morgan fingerprint density at radius 1 is 1.25 bits per heavy atom. The lowest BCUT2D eigenvalue weighted by atomic mass is 10.2. The summed E-state index contributed by atoms with van der Waals surface area (Å²) in [7, 11) is 0. The van der Waals surface area contributed by atoms with Crippen molar-refractivity contribution in [3.63, 3.8) is 0 Å². The second-order valence-electron chi connectivity index (χ2n) is 4.55. The molecular weight excluding hydrogens is 206 g/mol. The molecule has 3 unspecified atom stereocenters. The van der Waals surface area contributed by atoms with Crippen LogP contribution < -0.4 is 0 Å². The van der Waals surface area contributed by atoms with Crippen molar-refractivity contribution in [3.8, 4) is 0 Å². The standard InChI is InChI=1S/C11H19N3O2/c1-7-5-14(6-8(2)15-7)9(3)11-13-12-10(4)16-11/h7-9H,5-6H2,1-4H3. The van der Waals surface area contributed by atoms with E-state index in [0.717, 1.165) is 13.1 Å². The van der Waals surface area contributed by atoms with Gasteiger partial charge in [0.2, 0.25) is 11.8 Å². The molecule has 0 amide bonds. The number of hydrogen-bond acceptors (Lipinski definition) is 5. The second-order valence-corrected chi connectivity index (χ2v) is 4.55. The molecule has 0 bridgehead atoms. The Labute approximate surface area is 95.8 Å². The molecule has 0 radical (unpaired) electrons. The highest BCUT2D eigenvalue weighted by atomic mass is 16.5. The van der Waals surface area contributed by atoms with Gasteiger partial charge in [0, 0.05) is 20.0 Å². The maximum Gasteiger partial charge on any atom is 0.233 e. The molecule has 3 atom stereocenters. The highest BCUT2D eigenvalue weighted by molar-refractivity contribution is 4.90. The molecule has 1 aromatic rings. The number of hydrogen-bond donors (Lipinski definition) is 0. The third kappa shape index (κ3) is 2.41. The molecule has 2 heterocycles. The predicted octanol–water partition coefficient (Wildman–Crippen LogP) is 1.55. The molecule has 0 N–H and O–H groups in total. The number of aromatic nitrogens is 2. The summed E-state index contributed by atoms with van der Waals surface area (Å²) >= 11 is 0. The van der Waals surface area contributed by atoms with E-state index in [1.54, 1.807) is 0 Å². The lowest BCUT2D eigenvalue weighted by molar-refractivity contribution is -0.0814. The summed E-state index contributed by atoms with van der Waals surface area (Å²) in [6.07, 6.45) is 0.519. The molecule has 16 heavy (non-hydrogen) atoms. The fourth-order valence-electron chi connectivity index (χ4n) is 2.17. The number of ether oxygens (including phenoxy) is 1. The SMILES string of the molecule is Cc1nnc(C(C)N2CC(C)OC(C)C2)o1. The highest BCUT2D eigenvalue weighted by Gasteiger charge is 2.28. The quantitative estimate of drug-likeness (QED) is 0.764. The van der Waals surface area contributed by atoms with Gasteiger partial charge in [0.15, 0.2) is 0 Å². The van der Waals surface area contributed by atoms with Crippen molar-refractivity contribution in [2.45, 2.75) is 45.9 Å². The van der Waals surface area contributed by atoms with Crippen LogP contribution in [0.2, 0.25) is 0 Å². The maximum atomic E-state index is 5.70. The van der Waals surface area contributed by atoms with Crippen molar-refractivity contribution in [2.75, 3.05) is 13.1 Å². The third-order valence-electron chi connectivity index (χ3n) is 2.89. The zero-order valence-electron chi connectivity index (χ0n) is 10.3. The van der Waals surface area contributed by atoms with Crippen LogP contribution in [0.15, 0.2) is 4.42 Å². The van der Waals surface area contributed by atoms with Crippen LogP contribution in [0.25, 0.3) is 0 Å². The van der Waals surface area contributed by atoms with E-state index < -0.39 is 0 Å². The smallest absolute Gasteiger partial charge is 0.233 e. The number of morpholine rings is 1. The van der Waals surface area contributed by atoms with Crippen molar-refractivity contribution in [1.29, 1.82) is 0 Å². The zero-order chi connectivity index (χ0) is 11.7. The van der Waals surface area contributed by atoms with Crippen LogP contribution in [0.5, 0.6) is 0 Å². The Morgan fingerprint density at radius 2 is 1.88 bits per heavy atom. The van der Waals surface area contributed by atoms with Crippen LogP contribution in [-0.4, -0.2) is 40.4 Å². The van der Waals surface area contributed by atoms with Crippen LogP contribution in [0.1, 0.15) is 38.6 Å². The molecule has 0 aliphatic carbocycles. The summed E-state index contributed by atoms with van der Waals surface area (Å²) in [6.45, 7) is 9.91. The van der Waals surface area contributed by atoms with Gasteiger partial charge in [-0.3, -0.25) is 4.90 Å². The Bertz CT molecular complexity index is 343. The van der Waals surface area contributed by atoms with Crippen LogP contribution in [0.3, 0.4) is 0 Å². The van der Waals surface area contributed by atoms with Crippen LogP contribution in [0.4, 0.5) is 0 Å². The topological polar surface area (TPSA) is 51.4 Å². The van der Waals surface area contributed by atoms with Gasteiger partial charge in [0.1, 0.15) is 0 Å². The number of rotatable bonds is 2. The molecule has 1 aliphatic rings. The van der Waals surface area contributed by atoms with Crippen LogP contribution in [0, 0.1) is 6.92 Å². The zero-order valence-corrected chi connectivity index (χ0v) is 10.3. The fraction of sp³-hybridized carbons (Fsp3) is 0.818. The van der Waals surface area contributed by atoms with Crippen LogP contribution >= 0.6 is 0 Å². The van der Waals surface area contributed by atoms with Gasteiger partial charge in [0.25, 0.3) is 0 Å². The molecule has 0 spiro atoms. The molecular formula is C11H19N3O2. The van der Waals surface area contributed by atoms with Crippen molar-refractivity contribution in [3.05, 3.63) is 11.8 Å². The van der Waals surface area contributed by atoms with Gasteiger partial charge in [-0.25, -0.2) is 0 Å². The molecule has 5 nitrogen and oxygen atoms in total. The van der Waals surface area contributed by atoms with Gasteiger partial charge in [-0.1, -0.05) is 0 Å². The average Bonchev–Trinajstić information content (AvgIpc) is 2.62. The van der Waals surface area contributed by atoms with E-state index in [1.165, 1.54) is 0 Å². The molecule has 0 aromatic carbocycles. The first-order chi connectivity index (χ1) is 7.56. The fourth-order valence-corrected chi connectivity index (χ4v) is 2.17. The molecule has 0 saturated carbocycles. The predicted molar refractivity (Wildman–Crippen MR) is 59.0 cm³/mol. The van der Waals surface area contributed by atoms with E-state index in [0.29, 0.717) is 11.8 Å². The maximum absolute atomic E-state index is 5.70. The minimum absolute atomic E-state index is 0.162. The van der Waals surface area contributed by atoms with Gasteiger partial charge in [-0.05, 0) is 20.8 Å². The lowest BCUT2D eigenvalue weighted by Crippen LogP contribution is -2.46. The van der Waals surface area contributed by atoms with Crippen molar-refractivity contribution in [1.82, 2.24) is 15.1 Å². The Kier molecular flexibility index (Phi) is 3.25. The lowest BCUT2D eigenvalue weighted by Gasteiger charge is -2.37. The Morgan fingerprint density at radius 3 is 2.38 bits per heavy atom. The van der Waals surface area contributed by atoms with E-state index in [-0.39, 0.29) is 18.2 Å². The average molecular weight is 225 g/mol. The summed E-state index contributed by atoms with van der Waals surface area (Å²) in [6, 6.07) is 0.162. The minimum Gasteiger partial charge on any atom is -0.424 e. The van der Waals surface area contributed by atoms with E-state index in [4.69, 9.17) is 9.15 Å². The van der Waals surface area contributed by atoms with E-state index in [9.17, 15) is 0 Å². The van der Waals surface area contributed by atoms with Gasteiger partial charge in [-0.2, -0.15) is 0 Å². The van der Waals surface area contributed by atoms with Crippen LogP contribution in [-0.2, 0) is 4.74 Å². The van der Waals surface area contributed by atoms with Gasteiger partial charge in [-0.15, -0.1) is 10.2 Å². The number of aryl methyl sites for hydroxylation is 1. The Balaban J connectivity index is 2.06. The summed E-state index contributed by atoms with van der Waals surface area (Å²) < 4.78 is 11.2. The summed E-state index contributed by atoms with van der Waals surface area (Å²) in [5.74, 6) is 1.31. The number of nitrogens with zero attached hydrogens (tertiary/aromatic N) is 3. The van der Waals surface area contributed by atoms with Gasteiger partial charge < -0.3 is 9.15 Å². The Hall–Kier alpha value is -0.940. The molecule has 1 aliphatic heterocycles. The summed E-state index contributed by atoms with van der Waals surface area (Å²) in [4.78, 5) is 2.33. The second kappa shape index (κ2) is 4.51. The first-order valence-corrected chi connectivity index (χ1v) is 5.75. The normalized spacial score (nSPS) is 29.2. The van der Waals surface area contributed by atoms with Crippen molar-refractivity contribution < 1.29 is 9.15 Å². The first-order valence-electron chi connectivity index (χ1n) is 5.75. The molecule has 1 aromatic heterocycles. The molecule has 1 saturated heterocycles. The van der Waals surface area contributed by atoms with Crippen molar-refractivity contribution in [2.24, 2.45) is 0 Å². The largest absolute Gasteiger partial charge is 0.424 e. The molecule has 2 rings (SSSR count). The summed E-state index contributed by atoms with van der Waals surface area (Å²) in [5, 5.41) is 7.94. The van der Waals surface area contributed by atoms with Gasteiger partial charge >= 0.3 is 0 Å². The third-order valence-corrected chi connectivity index (χ3v) is 2.89. The molecule has 90 valence electrons. The van der Waals surface area contributed by atoms with E-state index in [1.807, 2.05) is 6.92 Å². The van der Waals surface area contributed by atoms with E-state index >= 15 is 0 Å². The van der Waals surface area contributed by atoms with Crippen molar-refractivity contribution >= 4 is 0 Å². The van der Waals surface area contributed by atoms with E-state index in [2.05, 4.69) is 35.9 Å². The monoisotopic (exact) mass is 225 g/mol. The minimum atomic E-state index is 0.162.